The van der Waals surface area contributed by atoms with Crippen LogP contribution in [-0.4, -0.2) is 31.8 Å². The van der Waals surface area contributed by atoms with Gasteiger partial charge in [0.1, 0.15) is 13.2 Å². The first-order valence-corrected chi connectivity index (χ1v) is 5.98. The van der Waals surface area contributed by atoms with Gasteiger partial charge in [-0.15, -0.1) is 0 Å². The molecule has 3 N–H and O–H groups in total. The molecule has 0 aromatic heterocycles. The summed E-state index contributed by atoms with van der Waals surface area (Å²) in [6.45, 7) is -0.307. The molecule has 0 saturated heterocycles. The maximum absolute atomic E-state index is 11.9. The minimum Gasteiger partial charge on any atom is -0.362 e. The first-order valence-electron chi connectivity index (χ1n) is 5.98. The molecule has 0 radical (unpaired) electrons. The zero-order valence-electron chi connectivity index (χ0n) is 11.0. The molecule has 0 aliphatic rings. The number of hydrogen-bond donors (Lipinski definition) is 2. The summed E-state index contributed by atoms with van der Waals surface area (Å²) in [7, 11) is 0. The Balaban J connectivity index is 2.58. The lowest BCUT2D eigenvalue weighted by Crippen LogP contribution is -2.50. The molecular weight excluding hydrogens is 273 g/mol. The monoisotopic (exact) mass is 290 g/mol. The molecule has 0 aliphatic carbocycles. The zero-order chi connectivity index (χ0) is 15.2. The fourth-order valence-electron chi connectivity index (χ4n) is 1.65. The minimum atomic E-state index is -4.45. The van der Waals surface area contributed by atoms with Crippen LogP contribution in [0.5, 0.6) is 0 Å². The number of alkyl halides is 3. The second kappa shape index (κ2) is 6.71. The molecular formula is C13H17F3N2O2. The van der Waals surface area contributed by atoms with Gasteiger partial charge in [0.2, 0.25) is 5.91 Å². The Hall–Kier alpha value is -1.60. The maximum atomic E-state index is 11.9. The second-order valence-electron chi connectivity index (χ2n) is 4.56. The van der Waals surface area contributed by atoms with E-state index in [9.17, 15) is 18.0 Å². The van der Waals surface area contributed by atoms with Crippen LogP contribution in [0.3, 0.4) is 0 Å². The third kappa shape index (κ3) is 5.18. The van der Waals surface area contributed by atoms with Gasteiger partial charge in [-0.3, -0.25) is 4.79 Å². The molecule has 0 saturated carbocycles. The number of carbonyl (C=O) groups is 1. The largest absolute Gasteiger partial charge is 0.411 e. The molecule has 112 valence electrons. The molecule has 1 amide bonds. The van der Waals surface area contributed by atoms with Crippen LogP contribution < -0.4 is 11.1 Å². The molecule has 0 aliphatic heterocycles. The highest BCUT2D eigenvalue weighted by Crippen LogP contribution is 2.19. The van der Waals surface area contributed by atoms with Gasteiger partial charge in [-0.05, 0) is 12.5 Å². The molecule has 1 rings (SSSR count). The number of nitrogens with two attached hydrogens (primary N) is 1. The van der Waals surface area contributed by atoms with Crippen molar-refractivity contribution in [2.24, 2.45) is 5.73 Å². The summed E-state index contributed by atoms with van der Waals surface area (Å²) < 4.78 is 40.0. The lowest BCUT2D eigenvalue weighted by Gasteiger charge is -2.30. The smallest absolute Gasteiger partial charge is 0.362 e. The van der Waals surface area contributed by atoms with Gasteiger partial charge in [-0.1, -0.05) is 30.3 Å². The van der Waals surface area contributed by atoms with Gasteiger partial charge in [0.05, 0.1) is 5.54 Å². The maximum Gasteiger partial charge on any atom is 0.411 e. The van der Waals surface area contributed by atoms with Crippen LogP contribution in [0.15, 0.2) is 30.3 Å². The molecule has 20 heavy (non-hydrogen) atoms. The summed E-state index contributed by atoms with van der Waals surface area (Å²) in [6, 6.07) is 8.95. The Morgan fingerprint density at radius 3 is 2.40 bits per heavy atom. The summed E-state index contributed by atoms with van der Waals surface area (Å²) in [5.41, 5.74) is 5.57. The zero-order valence-corrected chi connectivity index (χ0v) is 11.0. The van der Waals surface area contributed by atoms with Crippen LogP contribution in [-0.2, 0) is 15.1 Å². The third-order valence-electron chi connectivity index (χ3n) is 2.73. The topological polar surface area (TPSA) is 64.3 Å². The van der Waals surface area contributed by atoms with Gasteiger partial charge < -0.3 is 15.8 Å². The number of halogens is 3. The van der Waals surface area contributed by atoms with Crippen molar-refractivity contribution in [3.8, 4) is 0 Å². The first-order chi connectivity index (χ1) is 9.27. The second-order valence-corrected chi connectivity index (χ2v) is 4.56. The highest BCUT2D eigenvalue weighted by molar-refractivity contribution is 5.78. The van der Waals surface area contributed by atoms with E-state index in [-0.39, 0.29) is 6.54 Å². The van der Waals surface area contributed by atoms with E-state index in [1.54, 1.807) is 31.2 Å². The standard InChI is InChI=1S/C13H17F3N2O2/c1-12(8-17,10-5-3-2-4-6-10)18-11(19)7-20-9-13(14,15)16/h2-6H,7-9,17H2,1H3,(H,18,19). The van der Waals surface area contributed by atoms with E-state index in [2.05, 4.69) is 10.1 Å². The Labute approximate surface area is 115 Å². The Morgan fingerprint density at radius 2 is 1.90 bits per heavy atom. The van der Waals surface area contributed by atoms with Crippen LogP contribution >= 0.6 is 0 Å². The van der Waals surface area contributed by atoms with E-state index < -0.39 is 30.8 Å². The predicted octanol–water partition coefficient (Wildman–Crippen LogP) is 1.56. The molecule has 0 heterocycles. The summed E-state index contributed by atoms with van der Waals surface area (Å²) >= 11 is 0. The van der Waals surface area contributed by atoms with E-state index in [0.29, 0.717) is 0 Å². The van der Waals surface area contributed by atoms with E-state index in [0.717, 1.165) is 5.56 Å². The van der Waals surface area contributed by atoms with Crippen molar-refractivity contribution in [2.45, 2.75) is 18.6 Å². The molecule has 0 fully saturated rings. The van der Waals surface area contributed by atoms with E-state index in [4.69, 9.17) is 5.73 Å². The van der Waals surface area contributed by atoms with E-state index in [1.807, 2.05) is 6.07 Å². The van der Waals surface area contributed by atoms with Crippen molar-refractivity contribution in [3.63, 3.8) is 0 Å². The predicted molar refractivity (Wildman–Crippen MR) is 67.9 cm³/mol. The fraction of sp³-hybridized carbons (Fsp3) is 0.462. The highest BCUT2D eigenvalue weighted by atomic mass is 19.4. The summed E-state index contributed by atoms with van der Waals surface area (Å²) in [5, 5.41) is 2.59. The normalized spacial score (nSPS) is 14.7. The number of carbonyl (C=O) groups excluding carboxylic acids is 1. The van der Waals surface area contributed by atoms with Crippen LogP contribution in [0.4, 0.5) is 13.2 Å². The lowest BCUT2D eigenvalue weighted by molar-refractivity contribution is -0.176. The molecule has 0 bridgehead atoms. The van der Waals surface area contributed by atoms with Crippen LogP contribution in [0.1, 0.15) is 12.5 Å². The van der Waals surface area contributed by atoms with Crippen molar-refractivity contribution < 1.29 is 22.7 Å². The van der Waals surface area contributed by atoms with Gasteiger partial charge in [0, 0.05) is 6.54 Å². The van der Waals surface area contributed by atoms with Crippen LogP contribution in [0.2, 0.25) is 0 Å². The van der Waals surface area contributed by atoms with Crippen LogP contribution in [0.25, 0.3) is 0 Å². The van der Waals surface area contributed by atoms with Gasteiger partial charge in [0.15, 0.2) is 0 Å². The van der Waals surface area contributed by atoms with Gasteiger partial charge in [-0.25, -0.2) is 0 Å². The SMILES string of the molecule is CC(CN)(NC(=O)COCC(F)(F)F)c1ccccc1. The fourth-order valence-corrected chi connectivity index (χ4v) is 1.65. The molecule has 7 heteroatoms. The minimum absolute atomic E-state index is 0.113. The highest BCUT2D eigenvalue weighted by Gasteiger charge is 2.29. The van der Waals surface area contributed by atoms with Crippen molar-refractivity contribution in [1.82, 2.24) is 5.32 Å². The number of hydrogen-bond acceptors (Lipinski definition) is 3. The average molecular weight is 290 g/mol. The van der Waals surface area contributed by atoms with E-state index in [1.165, 1.54) is 0 Å². The summed E-state index contributed by atoms with van der Waals surface area (Å²) in [4.78, 5) is 11.6. The van der Waals surface area contributed by atoms with Crippen molar-refractivity contribution in [1.29, 1.82) is 0 Å². The molecule has 4 nitrogen and oxygen atoms in total. The number of nitrogens with one attached hydrogen (secondary N) is 1. The molecule has 1 aromatic carbocycles. The Bertz CT molecular complexity index is 437. The summed E-state index contributed by atoms with van der Waals surface area (Å²) in [6.07, 6.45) is -4.45. The van der Waals surface area contributed by atoms with E-state index >= 15 is 0 Å². The Kier molecular flexibility index (Phi) is 5.52. The van der Waals surface area contributed by atoms with Gasteiger partial charge >= 0.3 is 6.18 Å². The van der Waals surface area contributed by atoms with Crippen molar-refractivity contribution in [3.05, 3.63) is 35.9 Å². The number of rotatable bonds is 6. The van der Waals surface area contributed by atoms with Crippen molar-refractivity contribution >= 4 is 5.91 Å². The summed E-state index contributed by atoms with van der Waals surface area (Å²) in [5.74, 6) is -0.647. The number of benzene rings is 1. The number of amides is 1. The quantitative estimate of drug-likeness (QED) is 0.835. The molecule has 1 atom stereocenters. The third-order valence-corrected chi connectivity index (χ3v) is 2.73. The average Bonchev–Trinajstić information content (AvgIpc) is 2.38. The molecule has 1 unspecified atom stereocenters. The van der Waals surface area contributed by atoms with Crippen molar-refractivity contribution in [2.75, 3.05) is 19.8 Å². The lowest BCUT2D eigenvalue weighted by atomic mass is 9.92. The Morgan fingerprint density at radius 1 is 1.30 bits per heavy atom. The molecule has 1 aromatic rings. The number of ether oxygens (including phenoxy) is 1. The van der Waals surface area contributed by atoms with Crippen LogP contribution in [0, 0.1) is 0 Å². The van der Waals surface area contributed by atoms with Gasteiger partial charge in [0.25, 0.3) is 0 Å². The first kappa shape index (κ1) is 16.5. The van der Waals surface area contributed by atoms with Gasteiger partial charge in [-0.2, -0.15) is 13.2 Å². The molecule has 0 spiro atoms.